The molecular formula is C35H67BN5O5S. The third-order valence-electron chi connectivity index (χ3n) is 5.37. The Morgan fingerprint density at radius 2 is 1.60 bits per heavy atom. The number of aromatic nitrogens is 1. The van der Waals surface area contributed by atoms with Crippen molar-refractivity contribution < 1.29 is 25.2 Å². The number of amides is 4. The summed E-state index contributed by atoms with van der Waals surface area (Å²) < 4.78 is 16.3. The van der Waals surface area contributed by atoms with Crippen molar-refractivity contribution in [1.82, 2.24) is 26.3 Å². The van der Waals surface area contributed by atoms with E-state index in [1.54, 1.807) is 19.3 Å². The fourth-order valence-corrected chi connectivity index (χ4v) is 5.15. The van der Waals surface area contributed by atoms with Crippen molar-refractivity contribution in [3.63, 3.8) is 0 Å². The number of ether oxygens (including phenoxy) is 2. The Morgan fingerprint density at radius 1 is 0.979 bits per heavy atom. The first kappa shape index (κ1) is 51.1. The summed E-state index contributed by atoms with van der Waals surface area (Å²) in [6.45, 7) is 19.8. The van der Waals surface area contributed by atoms with Gasteiger partial charge >= 0.3 is 6.03 Å². The molecule has 1 aromatic rings. The highest BCUT2D eigenvalue weighted by molar-refractivity contribution is 8.00. The molecular weight excluding hydrogens is 613 g/mol. The molecule has 0 aromatic carbocycles. The van der Waals surface area contributed by atoms with E-state index in [1.165, 1.54) is 13.8 Å². The minimum absolute atomic E-state index is 0. The second kappa shape index (κ2) is 43.3. The Morgan fingerprint density at radius 3 is 2.15 bits per heavy atom. The average molecular weight is 683 g/mol. The molecule has 4 N–H and O–H groups in total. The third-order valence-corrected chi connectivity index (χ3v) is 6.88. The van der Waals surface area contributed by atoms with Crippen LogP contribution < -0.4 is 21.3 Å². The first-order valence-electron chi connectivity index (χ1n) is 17.6. The van der Waals surface area contributed by atoms with Crippen molar-refractivity contribution in [2.75, 3.05) is 45.3 Å². The second-order valence-electron chi connectivity index (χ2n) is 8.82. The summed E-state index contributed by atoms with van der Waals surface area (Å²) >= 11 is 1.89. The van der Waals surface area contributed by atoms with Crippen molar-refractivity contribution in [2.45, 2.75) is 119 Å². The Bertz CT molecular complexity index is 855. The third kappa shape index (κ3) is 33.0. The van der Waals surface area contributed by atoms with Gasteiger partial charge in [-0.2, -0.15) is 11.8 Å². The molecule has 2 saturated heterocycles. The molecule has 2 aliphatic heterocycles. The number of hydrogen-bond acceptors (Lipinski definition) is 7. The van der Waals surface area contributed by atoms with E-state index in [-0.39, 0.29) is 44.9 Å². The molecule has 3 heterocycles. The molecule has 2 fully saturated rings. The lowest BCUT2D eigenvalue weighted by atomic mass is 10.0. The fraction of sp³-hybridized carbons (Fsp3) is 0.714. The largest absolute Gasteiger partial charge is 0.377 e. The van der Waals surface area contributed by atoms with Gasteiger partial charge in [0.2, 0.25) is 11.8 Å². The fourth-order valence-electron chi connectivity index (χ4n) is 3.60. The van der Waals surface area contributed by atoms with Gasteiger partial charge in [0.25, 0.3) is 0 Å². The summed E-state index contributed by atoms with van der Waals surface area (Å²) in [5, 5.41) is 11.8. The summed E-state index contributed by atoms with van der Waals surface area (Å²) in [6.07, 6.45) is 8.06. The van der Waals surface area contributed by atoms with Crippen LogP contribution in [0, 0.1) is 11.8 Å². The van der Waals surface area contributed by atoms with E-state index >= 15 is 0 Å². The number of hydrogen-bond donors (Lipinski definition) is 4. The minimum Gasteiger partial charge on any atom is -0.377 e. The zero-order valence-electron chi connectivity index (χ0n) is 32.1. The summed E-state index contributed by atoms with van der Waals surface area (Å²) in [6, 6.07) is 6.13. The average Bonchev–Trinajstić information content (AvgIpc) is 3.68. The Labute approximate surface area is 295 Å². The molecule has 47 heavy (non-hydrogen) atoms. The molecule has 3 rings (SSSR count). The lowest BCUT2D eigenvalue weighted by Gasteiger charge is -2.16. The van der Waals surface area contributed by atoms with Crippen molar-refractivity contribution in [2.24, 2.45) is 0 Å². The van der Waals surface area contributed by atoms with Crippen LogP contribution in [0.25, 0.3) is 0 Å². The number of nitrogens with one attached hydrogen (secondary N) is 4. The van der Waals surface area contributed by atoms with Gasteiger partial charge in [-0.25, -0.2) is 4.79 Å². The van der Waals surface area contributed by atoms with E-state index in [4.69, 9.17) is 10.8 Å². The maximum absolute atomic E-state index is 11.9. The van der Waals surface area contributed by atoms with Crippen molar-refractivity contribution in [3.8, 4) is 11.8 Å². The van der Waals surface area contributed by atoms with Gasteiger partial charge in [-0.15, -0.1) is 5.92 Å². The molecule has 12 heteroatoms. The van der Waals surface area contributed by atoms with Crippen molar-refractivity contribution in [3.05, 3.63) is 30.6 Å². The maximum Gasteiger partial charge on any atom is 0.315 e. The molecule has 2 unspecified atom stereocenters. The highest BCUT2D eigenvalue weighted by atomic mass is 32.2. The van der Waals surface area contributed by atoms with E-state index in [9.17, 15) is 14.4 Å². The van der Waals surface area contributed by atoms with Crippen LogP contribution in [-0.2, 0) is 19.1 Å². The van der Waals surface area contributed by atoms with Gasteiger partial charge < -0.3 is 30.7 Å². The number of carbonyl (C=O) groups excluding carboxylic acids is 3. The van der Waals surface area contributed by atoms with Crippen LogP contribution in [0.5, 0.6) is 0 Å². The number of rotatable bonds is 14. The number of urea groups is 1. The lowest BCUT2D eigenvalue weighted by Crippen LogP contribution is -2.36. The van der Waals surface area contributed by atoms with Gasteiger partial charge in [0.05, 0.1) is 38.4 Å². The van der Waals surface area contributed by atoms with E-state index in [0.29, 0.717) is 44.6 Å². The molecule has 4 amide bonds. The maximum atomic E-state index is 11.9. The highest BCUT2D eigenvalue weighted by Gasteiger charge is 2.42. The Balaban J connectivity index is -0.000000286. The number of pyridine rings is 1. The zero-order valence-corrected chi connectivity index (χ0v) is 31.9. The molecule has 3 atom stereocenters. The first-order valence-corrected chi connectivity index (χ1v) is 17.7. The van der Waals surface area contributed by atoms with Gasteiger partial charge in [-0.05, 0) is 31.9 Å². The van der Waals surface area contributed by atoms with E-state index in [1.807, 2.05) is 71.5 Å². The molecule has 10 nitrogen and oxygen atoms in total. The van der Waals surface area contributed by atoms with Crippen LogP contribution in [0.15, 0.2) is 30.6 Å². The van der Waals surface area contributed by atoms with Gasteiger partial charge in [0.15, 0.2) is 0 Å². The van der Waals surface area contributed by atoms with Crippen LogP contribution in [0.3, 0.4) is 0 Å². The predicted octanol–water partition coefficient (Wildman–Crippen LogP) is 5.83. The van der Waals surface area contributed by atoms with Crippen LogP contribution >= 0.6 is 11.8 Å². The van der Waals surface area contributed by atoms with Gasteiger partial charge in [0, 0.05) is 46.1 Å². The molecule has 2 aliphatic rings. The molecule has 271 valence electrons. The van der Waals surface area contributed by atoms with Crippen LogP contribution in [0.4, 0.5) is 4.79 Å². The molecule has 1 aromatic heterocycles. The van der Waals surface area contributed by atoms with Crippen LogP contribution in [0.2, 0.25) is 0 Å². The topological polar surface area (TPSA) is 131 Å². The zero-order chi connectivity index (χ0) is 36.6. The first-order chi connectivity index (χ1) is 23.0. The predicted molar refractivity (Wildman–Crippen MR) is 202 cm³/mol. The van der Waals surface area contributed by atoms with E-state index in [2.05, 4.69) is 51.9 Å². The number of carbonyl (C=O) groups is 3. The molecule has 0 spiro atoms. The number of nitrogens with zero attached hydrogens (tertiary/aromatic N) is 1. The Hall–Kier alpha value is -2.75. The summed E-state index contributed by atoms with van der Waals surface area (Å²) in [5.41, 5.74) is 0. The standard InChI is InChI=1S/C20H32N4O5S.C5H5N.C3H8.3C2H6.CH4.B/c1-2-3-8-21-18(26)13-29-12-11-28-10-9-22-17(25)7-5-4-6-16-19-15(14-30-16)23-20(27)24-19;1-2-4-6-5-3-1;1-3-2;3*1-2;;/h15-16,19H,4-14H2,1H3,(H,21,26)(H,22,25)(H2,23,24,27);1-5H;3H2,1-2H3;3*1-2H3;1H4;/t15?,16-,19?;;;;;;;/m0......./s1/i;;;;;;1T;. The molecule has 0 saturated carbocycles. The quantitative estimate of drug-likeness (QED) is 0.0841. The van der Waals surface area contributed by atoms with E-state index in [0.717, 1.165) is 25.0 Å². The normalized spacial score (nSPS) is 15.8. The monoisotopic (exact) mass is 683 g/mol. The van der Waals surface area contributed by atoms with Crippen LogP contribution in [-0.4, -0.2) is 93.8 Å². The molecule has 0 bridgehead atoms. The second-order valence-corrected chi connectivity index (χ2v) is 10.1. The number of fused-ring (bicyclic) bond motifs is 1. The smallest absolute Gasteiger partial charge is 0.315 e. The van der Waals surface area contributed by atoms with Crippen LogP contribution in [0.1, 0.15) is 103 Å². The number of thioether (sulfide) groups is 1. The molecule has 3 radical (unpaired) electrons. The summed E-state index contributed by atoms with van der Waals surface area (Å²) in [5.74, 6) is 6.20. The summed E-state index contributed by atoms with van der Waals surface area (Å²) in [4.78, 5) is 38.4. The van der Waals surface area contributed by atoms with Crippen molar-refractivity contribution in [1.29, 1.82) is 0 Å². The Kier molecular flexibility index (Phi) is 47.0. The van der Waals surface area contributed by atoms with Gasteiger partial charge in [-0.1, -0.05) is 87.6 Å². The SMILES string of the molecule is CC.CC.CC.CC#CCNC(=O)COCCOCCNC(=O)CCCC[C@@H]1SCC2NC(=O)NC21.CCC.[3H]C.[B].c1ccncc1. The summed E-state index contributed by atoms with van der Waals surface area (Å²) in [7, 11) is 1.25. The minimum atomic E-state index is -0.207. The van der Waals surface area contributed by atoms with E-state index < -0.39 is 0 Å². The highest BCUT2D eigenvalue weighted by Crippen LogP contribution is 2.33. The lowest BCUT2D eigenvalue weighted by molar-refractivity contribution is -0.126. The number of unbranched alkanes of at least 4 members (excludes halogenated alkanes) is 1. The van der Waals surface area contributed by atoms with Gasteiger partial charge in [-0.3, -0.25) is 14.6 Å². The molecule has 0 aliphatic carbocycles. The van der Waals surface area contributed by atoms with Gasteiger partial charge in [0.1, 0.15) is 6.61 Å². The van der Waals surface area contributed by atoms with Crippen molar-refractivity contribution >= 4 is 38.0 Å².